The Morgan fingerprint density at radius 3 is 2.94 bits per heavy atom. The predicted octanol–water partition coefficient (Wildman–Crippen LogP) is 3.06. The maximum absolute atomic E-state index is 5.60. The highest BCUT2D eigenvalue weighted by Crippen LogP contribution is 2.34. The summed E-state index contributed by atoms with van der Waals surface area (Å²) in [5.74, 6) is 0.984. The van der Waals surface area contributed by atoms with Gasteiger partial charge in [0.25, 0.3) is 0 Å². The number of hydrogen-bond donors (Lipinski definition) is 2. The summed E-state index contributed by atoms with van der Waals surface area (Å²) in [5, 5.41) is 2.07. The van der Waals surface area contributed by atoms with Crippen molar-refractivity contribution >= 4 is 50.2 Å². The van der Waals surface area contributed by atoms with E-state index in [1.165, 1.54) is 9.40 Å². The van der Waals surface area contributed by atoms with Gasteiger partial charge >= 0.3 is 0 Å². The molecule has 3 aromatic rings. The Kier molecular flexibility index (Phi) is 2.23. The van der Waals surface area contributed by atoms with Crippen LogP contribution >= 0.6 is 34.9 Å². The Balaban J connectivity index is 2.22. The molecule has 0 saturated heterocycles. The summed E-state index contributed by atoms with van der Waals surface area (Å²) in [4.78, 5) is 11.9. The molecular weight excluding hydrogens is 260 g/mol. The molecule has 7 heteroatoms. The van der Waals surface area contributed by atoms with E-state index in [4.69, 9.17) is 18.0 Å². The van der Waals surface area contributed by atoms with E-state index in [1.54, 1.807) is 22.7 Å². The summed E-state index contributed by atoms with van der Waals surface area (Å²) in [7, 11) is 0. The molecule has 0 spiro atoms. The third-order valence-electron chi connectivity index (χ3n) is 2.04. The van der Waals surface area contributed by atoms with Crippen LogP contribution in [0.4, 0.5) is 5.95 Å². The first-order chi connectivity index (χ1) is 7.72. The zero-order valence-corrected chi connectivity index (χ0v) is 10.4. The lowest BCUT2D eigenvalue weighted by Crippen LogP contribution is -1.98. The number of H-pyrrole nitrogens is 1. The Labute approximate surface area is 104 Å². The van der Waals surface area contributed by atoms with Crippen LogP contribution in [0.2, 0.25) is 0 Å². The quantitative estimate of drug-likeness (QED) is 0.664. The Hall–Kier alpha value is -1.31. The molecule has 80 valence electrons. The lowest BCUT2D eigenvalue weighted by Gasteiger charge is -1.97. The standard InChI is InChI=1S/C9H6N4S3/c10-8-11-7(12-9(14)13-8)6-3-5-4(16-6)1-2-15-5/h1-3H,(H3,10,11,12,13,14). The van der Waals surface area contributed by atoms with Crippen LogP contribution in [0, 0.1) is 4.77 Å². The molecule has 3 N–H and O–H groups in total. The van der Waals surface area contributed by atoms with Gasteiger partial charge < -0.3 is 10.7 Å². The Morgan fingerprint density at radius 1 is 1.31 bits per heavy atom. The van der Waals surface area contributed by atoms with E-state index in [1.807, 2.05) is 0 Å². The molecule has 0 saturated carbocycles. The average Bonchev–Trinajstić information content (AvgIpc) is 2.74. The first-order valence-corrected chi connectivity index (χ1v) is 6.54. The van der Waals surface area contributed by atoms with Gasteiger partial charge in [-0.05, 0) is 29.7 Å². The molecular formula is C9H6N4S3. The molecule has 3 aromatic heterocycles. The number of aromatic nitrogens is 3. The van der Waals surface area contributed by atoms with E-state index in [2.05, 4.69) is 32.5 Å². The molecule has 0 bridgehead atoms. The molecule has 0 amide bonds. The Morgan fingerprint density at radius 2 is 2.19 bits per heavy atom. The van der Waals surface area contributed by atoms with Crippen molar-refractivity contribution < 1.29 is 0 Å². The van der Waals surface area contributed by atoms with Crippen molar-refractivity contribution in [1.82, 2.24) is 15.0 Å². The molecule has 0 unspecified atom stereocenters. The summed E-state index contributed by atoms with van der Waals surface area (Å²) < 4.78 is 2.76. The van der Waals surface area contributed by atoms with Gasteiger partial charge in [0, 0.05) is 9.40 Å². The van der Waals surface area contributed by atoms with E-state index < -0.39 is 0 Å². The van der Waals surface area contributed by atoms with Gasteiger partial charge in [0.15, 0.2) is 5.82 Å². The summed E-state index contributed by atoms with van der Waals surface area (Å²) in [6.45, 7) is 0. The van der Waals surface area contributed by atoms with Crippen molar-refractivity contribution in [3.63, 3.8) is 0 Å². The molecule has 0 radical (unpaired) electrons. The minimum Gasteiger partial charge on any atom is -0.369 e. The van der Waals surface area contributed by atoms with Crippen molar-refractivity contribution in [3.05, 3.63) is 22.3 Å². The molecule has 3 rings (SSSR count). The molecule has 0 aliphatic carbocycles. The van der Waals surface area contributed by atoms with Crippen molar-refractivity contribution in [3.8, 4) is 10.7 Å². The minimum absolute atomic E-state index is 0.267. The van der Waals surface area contributed by atoms with Crippen LogP contribution in [0.15, 0.2) is 17.5 Å². The van der Waals surface area contributed by atoms with Gasteiger partial charge in [0.1, 0.15) is 0 Å². The SMILES string of the molecule is Nc1nc(=S)nc(-c2cc3sccc3s2)[nH]1. The fourth-order valence-corrected chi connectivity index (χ4v) is 3.64. The first kappa shape index (κ1) is 9.88. The van der Waals surface area contributed by atoms with Crippen LogP contribution in [0.25, 0.3) is 20.1 Å². The highest BCUT2D eigenvalue weighted by molar-refractivity contribution is 7.71. The topological polar surface area (TPSA) is 67.6 Å². The predicted molar refractivity (Wildman–Crippen MR) is 70.3 cm³/mol. The van der Waals surface area contributed by atoms with Crippen LogP contribution in [0.1, 0.15) is 0 Å². The van der Waals surface area contributed by atoms with Gasteiger partial charge in [-0.15, -0.1) is 22.7 Å². The normalized spacial score (nSPS) is 11.0. The fraction of sp³-hybridized carbons (Fsp3) is 0. The van der Waals surface area contributed by atoms with Crippen LogP contribution in [-0.2, 0) is 0 Å². The number of nitrogens with two attached hydrogens (primary N) is 1. The zero-order valence-electron chi connectivity index (χ0n) is 7.93. The van der Waals surface area contributed by atoms with E-state index >= 15 is 0 Å². The number of thiophene rings is 2. The number of aromatic amines is 1. The second kappa shape index (κ2) is 3.62. The number of nitrogens with one attached hydrogen (secondary N) is 1. The van der Waals surface area contributed by atoms with Crippen LogP contribution in [0.3, 0.4) is 0 Å². The molecule has 4 nitrogen and oxygen atoms in total. The van der Waals surface area contributed by atoms with Gasteiger partial charge in [-0.3, -0.25) is 0 Å². The van der Waals surface area contributed by atoms with Crippen LogP contribution in [0.5, 0.6) is 0 Å². The molecule has 16 heavy (non-hydrogen) atoms. The summed E-state index contributed by atoms with van der Waals surface area (Å²) in [6.07, 6.45) is 0. The second-order valence-electron chi connectivity index (χ2n) is 3.12. The maximum atomic E-state index is 5.60. The monoisotopic (exact) mass is 266 g/mol. The average molecular weight is 266 g/mol. The van der Waals surface area contributed by atoms with Crippen LogP contribution in [-0.4, -0.2) is 15.0 Å². The van der Waals surface area contributed by atoms with Gasteiger partial charge in [-0.2, -0.15) is 9.97 Å². The fourth-order valence-electron chi connectivity index (χ4n) is 1.40. The van der Waals surface area contributed by atoms with Crippen molar-refractivity contribution in [2.45, 2.75) is 0 Å². The van der Waals surface area contributed by atoms with Crippen molar-refractivity contribution in [2.24, 2.45) is 0 Å². The first-order valence-electron chi connectivity index (χ1n) is 4.43. The molecule has 0 aliphatic heterocycles. The largest absolute Gasteiger partial charge is 0.369 e. The smallest absolute Gasteiger partial charge is 0.224 e. The van der Waals surface area contributed by atoms with Crippen molar-refractivity contribution in [1.29, 1.82) is 0 Å². The highest BCUT2D eigenvalue weighted by Gasteiger charge is 2.07. The molecule has 0 atom stereocenters. The Bertz CT molecular complexity index is 680. The number of anilines is 1. The van der Waals surface area contributed by atoms with Gasteiger partial charge in [0.05, 0.1) is 4.88 Å². The number of nitrogen functional groups attached to an aromatic ring is 1. The highest BCUT2D eigenvalue weighted by atomic mass is 32.1. The summed E-state index contributed by atoms with van der Waals surface area (Å²) in [6, 6.07) is 4.17. The molecule has 0 fully saturated rings. The number of rotatable bonds is 1. The molecule has 0 aliphatic rings. The lowest BCUT2D eigenvalue weighted by atomic mass is 10.4. The minimum atomic E-state index is 0.267. The van der Waals surface area contributed by atoms with E-state index in [-0.39, 0.29) is 4.77 Å². The summed E-state index contributed by atoms with van der Waals surface area (Å²) in [5.41, 5.74) is 5.60. The van der Waals surface area contributed by atoms with Crippen molar-refractivity contribution in [2.75, 3.05) is 5.73 Å². The van der Waals surface area contributed by atoms with E-state index in [0.29, 0.717) is 11.8 Å². The van der Waals surface area contributed by atoms with E-state index in [0.717, 1.165) is 4.88 Å². The number of hydrogen-bond acceptors (Lipinski definition) is 6. The number of fused-ring (bicyclic) bond motifs is 1. The second-order valence-corrected chi connectivity index (χ2v) is 5.52. The third-order valence-corrected chi connectivity index (χ3v) is 4.33. The maximum Gasteiger partial charge on any atom is 0.224 e. The van der Waals surface area contributed by atoms with Gasteiger partial charge in [-0.1, -0.05) is 0 Å². The number of nitrogens with zero attached hydrogens (tertiary/aromatic N) is 2. The lowest BCUT2D eigenvalue weighted by molar-refractivity contribution is 1.05. The summed E-state index contributed by atoms with van der Waals surface area (Å²) >= 11 is 8.30. The molecule has 3 heterocycles. The van der Waals surface area contributed by atoms with Gasteiger partial charge in [0.2, 0.25) is 10.7 Å². The van der Waals surface area contributed by atoms with Gasteiger partial charge in [-0.25, -0.2) is 0 Å². The zero-order chi connectivity index (χ0) is 11.1. The van der Waals surface area contributed by atoms with Crippen LogP contribution < -0.4 is 5.73 Å². The molecule has 0 aromatic carbocycles. The van der Waals surface area contributed by atoms with E-state index in [9.17, 15) is 0 Å². The third kappa shape index (κ3) is 1.62.